The highest BCUT2D eigenvalue weighted by atomic mass is 127. The zero-order valence-corrected chi connectivity index (χ0v) is 20.5. The number of hydrogen-bond donors (Lipinski definition) is 3. The fraction of sp³-hybridized carbons (Fsp3) is 0.389. The molecule has 0 amide bonds. The van der Waals surface area contributed by atoms with Gasteiger partial charge in [0.25, 0.3) is 0 Å². The van der Waals surface area contributed by atoms with Crippen LogP contribution in [0.15, 0.2) is 51.0 Å². The second-order valence-electron chi connectivity index (χ2n) is 5.82. The Bertz CT molecular complexity index is 861. The number of rotatable bonds is 10. The molecule has 3 N–H and O–H groups in total. The second-order valence-corrected chi connectivity index (χ2v) is 8.76. The van der Waals surface area contributed by atoms with Crippen molar-refractivity contribution in [2.24, 2.45) is 4.99 Å². The average Bonchev–Trinajstić information content (AvgIpc) is 3.23. The van der Waals surface area contributed by atoms with Gasteiger partial charge in [-0.2, -0.15) is 0 Å². The van der Waals surface area contributed by atoms with Gasteiger partial charge in [-0.15, -0.1) is 35.3 Å². The first kappa shape index (κ1) is 25.5. The number of methoxy groups -OCH3 is 1. The average molecular weight is 554 g/mol. The monoisotopic (exact) mass is 554 g/mol. The van der Waals surface area contributed by atoms with E-state index in [0.717, 1.165) is 11.5 Å². The number of ether oxygens (including phenoxy) is 2. The number of sulfonamides is 1. The van der Waals surface area contributed by atoms with E-state index in [-0.39, 0.29) is 36.6 Å². The summed E-state index contributed by atoms with van der Waals surface area (Å²) in [5, 5.41) is 7.94. The molecule has 11 heteroatoms. The molecular formula is C18H27IN4O4S2. The SMILES string of the molecule is CN=C(NCCNS(=O)(=O)c1cccs1)NCC(C)Oc1cccc(OC)c1.I. The molecule has 0 fully saturated rings. The van der Waals surface area contributed by atoms with Crippen molar-refractivity contribution in [3.63, 3.8) is 0 Å². The van der Waals surface area contributed by atoms with Crippen molar-refractivity contribution < 1.29 is 17.9 Å². The van der Waals surface area contributed by atoms with Gasteiger partial charge in [-0.05, 0) is 30.5 Å². The Morgan fingerprint density at radius 3 is 2.59 bits per heavy atom. The maximum Gasteiger partial charge on any atom is 0.250 e. The van der Waals surface area contributed by atoms with E-state index in [4.69, 9.17) is 9.47 Å². The van der Waals surface area contributed by atoms with E-state index < -0.39 is 10.0 Å². The lowest BCUT2D eigenvalue weighted by Crippen LogP contribution is -2.44. The molecule has 1 unspecified atom stereocenters. The molecule has 29 heavy (non-hydrogen) atoms. The van der Waals surface area contributed by atoms with E-state index in [1.807, 2.05) is 31.2 Å². The largest absolute Gasteiger partial charge is 0.497 e. The minimum atomic E-state index is -3.45. The molecule has 0 radical (unpaired) electrons. The molecule has 0 saturated carbocycles. The van der Waals surface area contributed by atoms with Gasteiger partial charge in [0.1, 0.15) is 21.8 Å². The number of aliphatic imine (C=N–C) groups is 1. The Labute approximate surface area is 193 Å². The van der Waals surface area contributed by atoms with Gasteiger partial charge < -0.3 is 20.1 Å². The van der Waals surface area contributed by atoms with Gasteiger partial charge >= 0.3 is 0 Å². The van der Waals surface area contributed by atoms with Crippen LogP contribution in [0, 0.1) is 0 Å². The molecule has 162 valence electrons. The fourth-order valence-corrected chi connectivity index (χ4v) is 4.33. The quantitative estimate of drug-likeness (QED) is 0.180. The molecular weight excluding hydrogens is 527 g/mol. The van der Waals surface area contributed by atoms with Crippen LogP contribution < -0.4 is 24.8 Å². The molecule has 0 aliphatic heterocycles. The summed E-state index contributed by atoms with van der Waals surface area (Å²) >= 11 is 1.18. The molecule has 0 aliphatic carbocycles. The van der Waals surface area contributed by atoms with Crippen LogP contribution in [0.4, 0.5) is 0 Å². The summed E-state index contributed by atoms with van der Waals surface area (Å²) in [6, 6.07) is 10.7. The number of thiophene rings is 1. The predicted octanol–water partition coefficient (Wildman–Crippen LogP) is 2.29. The van der Waals surface area contributed by atoms with Crippen molar-refractivity contribution in [1.29, 1.82) is 0 Å². The lowest BCUT2D eigenvalue weighted by atomic mass is 10.3. The third-order valence-corrected chi connectivity index (χ3v) is 6.49. The summed E-state index contributed by atoms with van der Waals surface area (Å²) in [7, 11) is -0.187. The minimum Gasteiger partial charge on any atom is -0.497 e. The summed E-state index contributed by atoms with van der Waals surface area (Å²) in [4.78, 5) is 4.12. The van der Waals surface area contributed by atoms with Gasteiger partial charge in [0.2, 0.25) is 10.0 Å². The zero-order chi connectivity index (χ0) is 20.4. The minimum absolute atomic E-state index is 0. The van der Waals surface area contributed by atoms with Crippen LogP contribution in [0.25, 0.3) is 0 Å². The molecule has 2 aromatic rings. The first-order valence-electron chi connectivity index (χ1n) is 8.73. The first-order valence-corrected chi connectivity index (χ1v) is 11.1. The number of nitrogens with zero attached hydrogens (tertiary/aromatic N) is 1. The van der Waals surface area contributed by atoms with Gasteiger partial charge in [-0.1, -0.05) is 12.1 Å². The highest BCUT2D eigenvalue weighted by Crippen LogP contribution is 2.19. The lowest BCUT2D eigenvalue weighted by Gasteiger charge is -2.18. The van der Waals surface area contributed by atoms with E-state index in [1.54, 1.807) is 31.7 Å². The van der Waals surface area contributed by atoms with Crippen molar-refractivity contribution in [3.8, 4) is 11.5 Å². The Morgan fingerprint density at radius 1 is 1.17 bits per heavy atom. The molecule has 1 aromatic heterocycles. The highest BCUT2D eigenvalue weighted by molar-refractivity contribution is 14.0. The van der Waals surface area contributed by atoms with Gasteiger partial charge in [-0.25, -0.2) is 13.1 Å². The zero-order valence-electron chi connectivity index (χ0n) is 16.5. The van der Waals surface area contributed by atoms with Crippen LogP contribution in [-0.4, -0.2) is 54.3 Å². The van der Waals surface area contributed by atoms with Gasteiger partial charge in [0, 0.05) is 26.2 Å². The lowest BCUT2D eigenvalue weighted by molar-refractivity contribution is 0.223. The van der Waals surface area contributed by atoms with E-state index in [1.165, 1.54) is 11.3 Å². The smallest absolute Gasteiger partial charge is 0.250 e. The van der Waals surface area contributed by atoms with Crippen molar-refractivity contribution >= 4 is 51.3 Å². The normalized spacial score (nSPS) is 12.6. The molecule has 0 bridgehead atoms. The Hall–Kier alpha value is -1.57. The third kappa shape index (κ3) is 8.76. The van der Waals surface area contributed by atoms with Crippen molar-refractivity contribution in [2.75, 3.05) is 33.8 Å². The van der Waals surface area contributed by atoms with Gasteiger partial charge in [0.15, 0.2) is 5.96 Å². The molecule has 1 atom stereocenters. The highest BCUT2D eigenvalue weighted by Gasteiger charge is 2.14. The van der Waals surface area contributed by atoms with Crippen LogP contribution in [0.2, 0.25) is 0 Å². The number of hydrogen-bond acceptors (Lipinski definition) is 6. The molecule has 8 nitrogen and oxygen atoms in total. The summed E-state index contributed by atoms with van der Waals surface area (Å²) in [6.45, 7) is 3.11. The number of benzene rings is 1. The molecule has 1 heterocycles. The van der Waals surface area contributed by atoms with Crippen LogP contribution in [0.5, 0.6) is 11.5 Å². The Balaban J connectivity index is 0.00000420. The third-order valence-electron chi connectivity index (χ3n) is 3.63. The molecule has 0 aliphatic rings. The number of guanidine groups is 1. The van der Waals surface area contributed by atoms with Crippen molar-refractivity contribution in [1.82, 2.24) is 15.4 Å². The first-order chi connectivity index (χ1) is 13.4. The topological polar surface area (TPSA) is 101 Å². The molecule has 2 rings (SSSR count). The summed E-state index contributed by atoms with van der Waals surface area (Å²) in [5.74, 6) is 2.02. The van der Waals surface area contributed by atoms with Crippen LogP contribution in [0.3, 0.4) is 0 Å². The number of halogens is 1. The Morgan fingerprint density at radius 2 is 1.93 bits per heavy atom. The van der Waals surface area contributed by atoms with E-state index >= 15 is 0 Å². The van der Waals surface area contributed by atoms with Crippen LogP contribution >= 0.6 is 35.3 Å². The van der Waals surface area contributed by atoms with Gasteiger partial charge in [0.05, 0.1) is 13.7 Å². The predicted molar refractivity (Wildman–Crippen MR) is 127 cm³/mol. The van der Waals surface area contributed by atoms with E-state index in [2.05, 4.69) is 20.3 Å². The number of nitrogens with one attached hydrogen (secondary N) is 3. The maximum atomic E-state index is 12.0. The van der Waals surface area contributed by atoms with Crippen LogP contribution in [-0.2, 0) is 10.0 Å². The van der Waals surface area contributed by atoms with E-state index in [0.29, 0.717) is 23.3 Å². The fourth-order valence-electron chi connectivity index (χ4n) is 2.26. The van der Waals surface area contributed by atoms with Crippen LogP contribution in [0.1, 0.15) is 6.92 Å². The molecule has 0 saturated heterocycles. The van der Waals surface area contributed by atoms with Crippen molar-refractivity contribution in [2.45, 2.75) is 17.2 Å². The van der Waals surface area contributed by atoms with Crippen molar-refractivity contribution in [3.05, 3.63) is 41.8 Å². The summed E-state index contributed by atoms with van der Waals surface area (Å²) < 4.78 is 38.0. The van der Waals surface area contributed by atoms with E-state index in [9.17, 15) is 8.42 Å². The molecule has 0 spiro atoms. The summed E-state index contributed by atoms with van der Waals surface area (Å²) in [6.07, 6.45) is -0.108. The second kappa shape index (κ2) is 12.9. The maximum absolute atomic E-state index is 12.0. The summed E-state index contributed by atoms with van der Waals surface area (Å²) in [5.41, 5.74) is 0. The van der Waals surface area contributed by atoms with Gasteiger partial charge in [-0.3, -0.25) is 4.99 Å². The molecule has 1 aromatic carbocycles. The standard InChI is InChI=1S/C18H26N4O4S2.HI/c1-14(26-16-7-4-6-15(12-16)25-3)13-21-18(19-2)20-9-10-22-28(23,24)17-8-5-11-27-17;/h4-8,11-12,14,22H,9-10,13H2,1-3H3,(H2,19,20,21);1H. The Kier molecular flexibility index (Phi) is 11.3.